The van der Waals surface area contributed by atoms with Crippen molar-refractivity contribution in [2.24, 2.45) is 0 Å². The van der Waals surface area contributed by atoms with Crippen molar-refractivity contribution in [2.75, 3.05) is 11.9 Å². The van der Waals surface area contributed by atoms with Crippen LogP contribution in [0, 0.1) is 21.4 Å². The van der Waals surface area contributed by atoms with Gasteiger partial charge in [0.2, 0.25) is 5.13 Å². The highest BCUT2D eigenvalue weighted by atomic mass is 32.1. The average molecular weight is 369 g/mol. The van der Waals surface area contributed by atoms with E-state index in [0.717, 1.165) is 15.4 Å². The van der Waals surface area contributed by atoms with E-state index in [1.54, 1.807) is 29.5 Å². The Balaban J connectivity index is 1.66. The largest absolute Gasteiger partial charge is 0.355 e. The first-order valence-corrected chi connectivity index (χ1v) is 8.81. The van der Waals surface area contributed by atoms with Crippen LogP contribution >= 0.6 is 22.7 Å². The van der Waals surface area contributed by atoms with Gasteiger partial charge in [0.05, 0.1) is 22.4 Å². The maximum absolute atomic E-state index is 10.7. The van der Waals surface area contributed by atoms with Crippen molar-refractivity contribution in [3.63, 3.8) is 0 Å². The normalized spacial score (nSPS) is 11.1. The van der Waals surface area contributed by atoms with Crippen LogP contribution in [0.2, 0.25) is 0 Å². The van der Waals surface area contributed by atoms with Crippen LogP contribution in [0.25, 0.3) is 16.0 Å². The second-order valence-corrected chi connectivity index (χ2v) is 6.80. The molecular weight excluding hydrogens is 358 g/mol. The molecule has 9 heteroatoms. The Bertz CT molecular complexity index is 940. The number of hydrogen-bond acceptors (Lipinski definition) is 8. The van der Waals surface area contributed by atoms with Gasteiger partial charge < -0.3 is 5.32 Å². The number of anilines is 1. The summed E-state index contributed by atoms with van der Waals surface area (Å²) < 4.78 is 0. The number of nitrogens with one attached hydrogen (secondary N) is 1. The van der Waals surface area contributed by atoms with Gasteiger partial charge >= 0.3 is 0 Å². The summed E-state index contributed by atoms with van der Waals surface area (Å²) in [4.78, 5) is 11.2. The molecule has 0 radical (unpaired) electrons. The van der Waals surface area contributed by atoms with Gasteiger partial charge in [0.25, 0.3) is 5.69 Å². The lowest BCUT2D eigenvalue weighted by molar-refractivity contribution is -0.384. The van der Waals surface area contributed by atoms with Crippen molar-refractivity contribution >= 4 is 39.6 Å². The Kier molecular flexibility index (Phi) is 5.13. The van der Waals surface area contributed by atoms with E-state index in [4.69, 9.17) is 0 Å². The molecule has 0 atom stereocenters. The second kappa shape index (κ2) is 7.65. The number of nitrogens with zero attached hydrogens (tertiary/aromatic N) is 4. The molecule has 0 spiro atoms. The monoisotopic (exact) mass is 369 g/mol. The predicted octanol–water partition coefficient (Wildman–Crippen LogP) is 4.19. The van der Waals surface area contributed by atoms with Crippen LogP contribution in [0.1, 0.15) is 5.56 Å². The molecule has 0 saturated heterocycles. The topological polar surface area (TPSA) is 105 Å². The number of aromatic nitrogens is 2. The Morgan fingerprint density at radius 3 is 2.76 bits per heavy atom. The summed E-state index contributed by atoms with van der Waals surface area (Å²) in [5, 5.41) is 34.6. The Morgan fingerprint density at radius 1 is 1.32 bits per heavy atom. The van der Waals surface area contributed by atoms with Gasteiger partial charge in [0.1, 0.15) is 0 Å². The van der Waals surface area contributed by atoms with Crippen molar-refractivity contribution in [2.45, 2.75) is 0 Å². The highest BCUT2D eigenvalue weighted by Crippen LogP contribution is 2.29. The molecule has 25 heavy (non-hydrogen) atoms. The lowest BCUT2D eigenvalue weighted by Gasteiger charge is -2.00. The van der Waals surface area contributed by atoms with Crippen LogP contribution < -0.4 is 5.32 Å². The van der Waals surface area contributed by atoms with Crippen LogP contribution in [0.5, 0.6) is 0 Å². The van der Waals surface area contributed by atoms with Gasteiger partial charge in [-0.05, 0) is 35.2 Å². The van der Waals surface area contributed by atoms with Crippen molar-refractivity contribution < 1.29 is 4.92 Å². The fourth-order valence-electron chi connectivity index (χ4n) is 1.98. The molecule has 3 aromatic rings. The van der Waals surface area contributed by atoms with Crippen molar-refractivity contribution in [1.29, 1.82) is 5.26 Å². The fourth-order valence-corrected chi connectivity index (χ4v) is 3.51. The van der Waals surface area contributed by atoms with Crippen molar-refractivity contribution in [1.82, 2.24) is 10.2 Å². The molecular formula is C16H11N5O2S2. The molecule has 3 rings (SSSR count). The van der Waals surface area contributed by atoms with E-state index in [0.29, 0.717) is 17.2 Å². The van der Waals surface area contributed by atoms with E-state index in [-0.39, 0.29) is 5.69 Å². The molecule has 0 bridgehead atoms. The molecule has 0 amide bonds. The summed E-state index contributed by atoms with van der Waals surface area (Å²) in [5.41, 5.74) is 1.23. The highest BCUT2D eigenvalue weighted by molar-refractivity contribution is 7.22. The molecule has 0 saturated carbocycles. The zero-order chi connectivity index (χ0) is 17.6. The van der Waals surface area contributed by atoms with Crippen LogP contribution in [-0.2, 0) is 0 Å². The number of rotatable bonds is 6. The van der Waals surface area contributed by atoms with E-state index in [9.17, 15) is 15.4 Å². The zero-order valence-electron chi connectivity index (χ0n) is 12.7. The van der Waals surface area contributed by atoms with E-state index >= 15 is 0 Å². The van der Waals surface area contributed by atoms with Crippen LogP contribution in [-0.4, -0.2) is 21.7 Å². The molecule has 0 aliphatic rings. The van der Waals surface area contributed by atoms with Crippen molar-refractivity contribution in [3.8, 4) is 16.0 Å². The van der Waals surface area contributed by atoms with Crippen LogP contribution in [0.4, 0.5) is 10.8 Å². The van der Waals surface area contributed by atoms with E-state index in [1.165, 1.54) is 23.5 Å². The van der Waals surface area contributed by atoms with E-state index in [1.807, 2.05) is 17.5 Å². The molecule has 1 N–H and O–H groups in total. The maximum Gasteiger partial charge on any atom is 0.269 e. The Hall–Kier alpha value is -3.09. The lowest BCUT2D eigenvalue weighted by atomic mass is 10.1. The van der Waals surface area contributed by atoms with Gasteiger partial charge in [-0.3, -0.25) is 10.1 Å². The summed E-state index contributed by atoms with van der Waals surface area (Å²) in [6.07, 6.45) is 1.68. The number of hydrogen-bond donors (Lipinski definition) is 1. The molecule has 0 fully saturated rings. The van der Waals surface area contributed by atoms with E-state index < -0.39 is 4.92 Å². The molecule has 2 aromatic heterocycles. The third kappa shape index (κ3) is 4.26. The van der Waals surface area contributed by atoms with Gasteiger partial charge in [0, 0.05) is 17.7 Å². The summed E-state index contributed by atoms with van der Waals surface area (Å²) in [7, 11) is 0. The number of nitro groups is 1. The molecule has 0 aliphatic carbocycles. The Morgan fingerprint density at radius 2 is 2.12 bits per heavy atom. The predicted molar refractivity (Wildman–Crippen MR) is 98.4 cm³/mol. The molecule has 7 nitrogen and oxygen atoms in total. The summed E-state index contributed by atoms with van der Waals surface area (Å²) >= 11 is 3.01. The number of nitro benzene ring substituents is 1. The standard InChI is InChI=1S/C16H11N5O2S2/c17-9-12(8-11-3-5-13(6-4-11)21(22)23)10-18-16-20-19-15(25-16)14-2-1-7-24-14/h1-8H,10H2,(H,18,20)/b12-8-. The second-order valence-electron chi connectivity index (χ2n) is 4.87. The summed E-state index contributed by atoms with van der Waals surface area (Å²) in [5.74, 6) is 0. The number of thiophene rings is 1. The smallest absolute Gasteiger partial charge is 0.269 e. The quantitative estimate of drug-likeness (QED) is 0.397. The average Bonchev–Trinajstić information content (AvgIpc) is 3.30. The minimum atomic E-state index is -0.457. The van der Waals surface area contributed by atoms with Crippen LogP contribution in [0.3, 0.4) is 0 Å². The third-order valence-electron chi connectivity index (χ3n) is 3.18. The summed E-state index contributed by atoms with van der Waals surface area (Å²) in [6, 6.07) is 12.1. The fraction of sp³-hybridized carbons (Fsp3) is 0.0625. The number of non-ortho nitro benzene ring substituents is 1. The maximum atomic E-state index is 10.7. The SMILES string of the molecule is N#C/C(=C/c1ccc([N+](=O)[O-])cc1)CNc1nnc(-c2cccs2)s1. The van der Waals surface area contributed by atoms with Gasteiger partial charge in [-0.1, -0.05) is 17.4 Å². The van der Waals surface area contributed by atoms with Crippen molar-refractivity contribution in [3.05, 3.63) is 63.0 Å². The Labute approximate surface area is 151 Å². The third-order valence-corrected chi connectivity index (χ3v) is 5.10. The summed E-state index contributed by atoms with van der Waals surface area (Å²) in [6.45, 7) is 0.298. The van der Waals surface area contributed by atoms with Gasteiger partial charge in [-0.25, -0.2) is 0 Å². The first kappa shape index (κ1) is 16.8. The molecule has 0 aliphatic heterocycles. The minimum Gasteiger partial charge on any atom is -0.355 e. The first-order valence-electron chi connectivity index (χ1n) is 7.12. The molecule has 124 valence electrons. The van der Waals surface area contributed by atoms with Gasteiger partial charge in [-0.2, -0.15) is 5.26 Å². The first-order chi connectivity index (χ1) is 12.2. The number of nitriles is 1. The van der Waals surface area contributed by atoms with E-state index in [2.05, 4.69) is 21.6 Å². The van der Waals surface area contributed by atoms with Crippen LogP contribution in [0.15, 0.2) is 47.4 Å². The van der Waals surface area contributed by atoms with Gasteiger partial charge in [0.15, 0.2) is 5.01 Å². The lowest BCUT2D eigenvalue weighted by Crippen LogP contribution is -2.03. The van der Waals surface area contributed by atoms with Gasteiger partial charge in [-0.15, -0.1) is 21.5 Å². The molecule has 0 unspecified atom stereocenters. The molecule has 2 heterocycles. The highest BCUT2D eigenvalue weighted by Gasteiger charge is 2.08. The zero-order valence-corrected chi connectivity index (χ0v) is 14.4. The molecule has 1 aromatic carbocycles. The minimum absolute atomic E-state index is 0.0174. The number of benzene rings is 1.